The van der Waals surface area contributed by atoms with Crippen LogP contribution in [0, 0.1) is 0 Å². The van der Waals surface area contributed by atoms with Gasteiger partial charge in [-0.05, 0) is 37.3 Å². The summed E-state index contributed by atoms with van der Waals surface area (Å²) in [6.45, 7) is 2.23. The average molecular weight is 258 g/mol. The number of hydrogen-bond donors (Lipinski definition) is 0. The van der Waals surface area contributed by atoms with E-state index in [4.69, 9.17) is 4.74 Å². The molecule has 2 aromatic rings. The fourth-order valence-corrected chi connectivity index (χ4v) is 1.76. The molecule has 0 aliphatic carbocycles. The Kier molecular flexibility index (Phi) is 3.75. The molecule has 0 N–H and O–H groups in total. The molecule has 0 atom stereocenters. The van der Waals surface area contributed by atoms with E-state index in [2.05, 4.69) is 5.10 Å². The van der Waals surface area contributed by atoms with E-state index in [1.165, 1.54) is 10.7 Å². The first-order valence-electron chi connectivity index (χ1n) is 5.91. The molecule has 0 saturated carbocycles. The predicted molar refractivity (Wildman–Crippen MR) is 71.5 cm³/mol. The molecule has 2 rings (SSSR count). The molecule has 1 aromatic heterocycles. The second-order valence-electron chi connectivity index (χ2n) is 3.95. The lowest BCUT2D eigenvalue weighted by Gasteiger charge is -2.07. The van der Waals surface area contributed by atoms with E-state index in [-0.39, 0.29) is 11.1 Å². The van der Waals surface area contributed by atoms with Gasteiger partial charge in [0.25, 0.3) is 5.56 Å². The Bertz CT molecular complexity index is 645. The number of nitrogens with zero attached hydrogens (tertiary/aromatic N) is 2. The Morgan fingerprint density at radius 1 is 1.32 bits per heavy atom. The van der Waals surface area contributed by atoms with Crippen molar-refractivity contribution in [2.75, 3.05) is 7.11 Å². The van der Waals surface area contributed by atoms with E-state index in [1.807, 2.05) is 12.1 Å². The quantitative estimate of drug-likeness (QED) is 0.784. The topological polar surface area (TPSA) is 61.2 Å². The third kappa shape index (κ3) is 2.54. The minimum Gasteiger partial charge on any atom is -0.497 e. The molecule has 0 amide bonds. The van der Waals surface area contributed by atoms with Crippen LogP contribution in [0.4, 0.5) is 0 Å². The van der Waals surface area contributed by atoms with E-state index in [0.29, 0.717) is 18.5 Å². The lowest BCUT2D eigenvalue weighted by atomic mass is 10.1. The lowest BCUT2D eigenvalue weighted by molar-refractivity contribution is 0.112. The zero-order chi connectivity index (χ0) is 13.8. The number of carbonyl (C=O) groups excluding carboxylic acids is 1. The Balaban J connectivity index is 2.54. The SMILES string of the molecule is CCn1nc(-c2ccc(OC)cc2)cc(C=O)c1=O. The molecule has 1 heterocycles. The number of methoxy groups -OCH3 is 1. The van der Waals surface area contributed by atoms with Crippen LogP contribution < -0.4 is 10.3 Å². The van der Waals surface area contributed by atoms with Crippen molar-refractivity contribution in [2.45, 2.75) is 13.5 Å². The van der Waals surface area contributed by atoms with E-state index in [9.17, 15) is 9.59 Å². The van der Waals surface area contributed by atoms with Crippen molar-refractivity contribution in [2.24, 2.45) is 0 Å². The number of hydrogen-bond acceptors (Lipinski definition) is 4. The first-order chi connectivity index (χ1) is 9.19. The van der Waals surface area contributed by atoms with Gasteiger partial charge in [0, 0.05) is 12.1 Å². The maximum absolute atomic E-state index is 11.8. The van der Waals surface area contributed by atoms with Crippen LogP contribution in [0.2, 0.25) is 0 Å². The second-order valence-corrected chi connectivity index (χ2v) is 3.95. The summed E-state index contributed by atoms with van der Waals surface area (Å²) in [5, 5.41) is 4.23. The third-order valence-electron chi connectivity index (χ3n) is 2.81. The van der Waals surface area contributed by atoms with Crippen LogP contribution in [0.1, 0.15) is 17.3 Å². The van der Waals surface area contributed by atoms with E-state index in [1.54, 1.807) is 26.2 Å². The minimum atomic E-state index is -0.366. The van der Waals surface area contributed by atoms with Crippen molar-refractivity contribution >= 4 is 6.29 Å². The summed E-state index contributed by atoms with van der Waals surface area (Å²) in [7, 11) is 1.59. The molecule has 0 unspecified atom stereocenters. The highest BCUT2D eigenvalue weighted by atomic mass is 16.5. The smallest absolute Gasteiger partial charge is 0.277 e. The van der Waals surface area contributed by atoms with Crippen molar-refractivity contribution in [3.63, 3.8) is 0 Å². The van der Waals surface area contributed by atoms with Crippen LogP contribution in [0.5, 0.6) is 5.75 Å². The zero-order valence-electron chi connectivity index (χ0n) is 10.8. The normalized spacial score (nSPS) is 10.2. The molecule has 5 nitrogen and oxygen atoms in total. The molecule has 0 aliphatic heterocycles. The zero-order valence-corrected chi connectivity index (χ0v) is 10.8. The lowest BCUT2D eigenvalue weighted by Crippen LogP contribution is -2.25. The molecule has 0 spiro atoms. The predicted octanol–water partition coefficient (Wildman–Crippen LogP) is 1.75. The molecule has 0 fully saturated rings. The Labute approximate surface area is 110 Å². The van der Waals surface area contributed by atoms with E-state index < -0.39 is 0 Å². The summed E-state index contributed by atoms with van der Waals surface area (Å²) in [6.07, 6.45) is 0.559. The molecule has 5 heteroatoms. The van der Waals surface area contributed by atoms with Crippen LogP contribution in [0.25, 0.3) is 11.3 Å². The largest absolute Gasteiger partial charge is 0.497 e. The molecule has 19 heavy (non-hydrogen) atoms. The van der Waals surface area contributed by atoms with Gasteiger partial charge >= 0.3 is 0 Å². The third-order valence-corrected chi connectivity index (χ3v) is 2.81. The maximum Gasteiger partial charge on any atom is 0.277 e. The highest BCUT2D eigenvalue weighted by molar-refractivity contribution is 5.76. The summed E-state index contributed by atoms with van der Waals surface area (Å²) in [5.41, 5.74) is 1.16. The van der Waals surface area contributed by atoms with Crippen molar-refractivity contribution in [1.82, 2.24) is 9.78 Å². The Morgan fingerprint density at radius 2 is 2.00 bits per heavy atom. The average Bonchev–Trinajstić information content (AvgIpc) is 2.47. The van der Waals surface area contributed by atoms with Gasteiger partial charge in [-0.2, -0.15) is 5.10 Å². The van der Waals surface area contributed by atoms with Gasteiger partial charge in [-0.3, -0.25) is 9.59 Å². The van der Waals surface area contributed by atoms with Crippen molar-refractivity contribution in [3.8, 4) is 17.0 Å². The van der Waals surface area contributed by atoms with Gasteiger partial charge in [-0.1, -0.05) is 0 Å². The van der Waals surface area contributed by atoms with Crippen LogP contribution in [0.3, 0.4) is 0 Å². The van der Waals surface area contributed by atoms with Gasteiger partial charge in [0.05, 0.1) is 18.4 Å². The van der Waals surface area contributed by atoms with Crippen LogP contribution >= 0.6 is 0 Å². The molecule has 0 bridgehead atoms. The van der Waals surface area contributed by atoms with Gasteiger partial charge in [0.1, 0.15) is 5.75 Å². The van der Waals surface area contributed by atoms with Gasteiger partial charge in [0.2, 0.25) is 0 Å². The second kappa shape index (κ2) is 5.48. The summed E-state index contributed by atoms with van der Waals surface area (Å²) < 4.78 is 6.36. The highest BCUT2D eigenvalue weighted by Crippen LogP contribution is 2.20. The van der Waals surface area contributed by atoms with Crippen molar-refractivity contribution in [3.05, 3.63) is 46.2 Å². The monoisotopic (exact) mass is 258 g/mol. The fraction of sp³-hybridized carbons (Fsp3) is 0.214. The summed E-state index contributed by atoms with van der Waals surface area (Å²) >= 11 is 0. The number of rotatable bonds is 4. The van der Waals surface area contributed by atoms with Gasteiger partial charge in [-0.15, -0.1) is 0 Å². The summed E-state index contributed by atoms with van der Waals surface area (Å²) in [4.78, 5) is 22.7. The van der Waals surface area contributed by atoms with Crippen molar-refractivity contribution < 1.29 is 9.53 Å². The summed E-state index contributed by atoms with van der Waals surface area (Å²) in [5.74, 6) is 0.739. The number of aryl methyl sites for hydroxylation is 1. The maximum atomic E-state index is 11.8. The number of carbonyl (C=O) groups is 1. The number of benzene rings is 1. The fourth-order valence-electron chi connectivity index (χ4n) is 1.76. The number of ether oxygens (including phenoxy) is 1. The molecule has 0 aliphatic rings. The molecule has 0 radical (unpaired) electrons. The van der Waals surface area contributed by atoms with Crippen molar-refractivity contribution in [1.29, 1.82) is 0 Å². The minimum absolute atomic E-state index is 0.114. The molecule has 98 valence electrons. The van der Waals surface area contributed by atoms with Crippen LogP contribution in [0.15, 0.2) is 35.1 Å². The number of aldehydes is 1. The van der Waals surface area contributed by atoms with E-state index in [0.717, 1.165) is 11.3 Å². The molecule has 0 saturated heterocycles. The van der Waals surface area contributed by atoms with Gasteiger partial charge < -0.3 is 4.74 Å². The first-order valence-corrected chi connectivity index (χ1v) is 5.91. The Hall–Kier alpha value is -2.43. The van der Waals surface area contributed by atoms with Crippen LogP contribution in [-0.2, 0) is 6.54 Å². The standard InChI is InChI=1S/C14H14N2O3/c1-3-16-14(18)11(9-17)8-13(15-16)10-4-6-12(19-2)7-5-10/h4-9H,3H2,1-2H3. The first kappa shape index (κ1) is 13.0. The Morgan fingerprint density at radius 3 is 2.53 bits per heavy atom. The van der Waals surface area contributed by atoms with Gasteiger partial charge in [-0.25, -0.2) is 4.68 Å². The molecule has 1 aromatic carbocycles. The number of aromatic nitrogens is 2. The molecular formula is C14H14N2O3. The van der Waals surface area contributed by atoms with E-state index >= 15 is 0 Å². The molecular weight excluding hydrogens is 244 g/mol. The van der Waals surface area contributed by atoms with Crippen LogP contribution in [-0.4, -0.2) is 23.2 Å². The highest BCUT2D eigenvalue weighted by Gasteiger charge is 2.08. The van der Waals surface area contributed by atoms with Gasteiger partial charge in [0.15, 0.2) is 6.29 Å². The summed E-state index contributed by atoms with van der Waals surface area (Å²) in [6, 6.07) is 8.78.